The second-order valence-electron chi connectivity index (χ2n) is 0. The number of hydrogen-bond donors (Lipinski definition) is 0. The van der Waals surface area contributed by atoms with Crippen LogP contribution in [0.15, 0.2) is 0 Å². The summed E-state index contributed by atoms with van der Waals surface area (Å²) in [6, 6.07) is 0. The number of hydrogen-bond acceptors (Lipinski definition) is 0. The molecule has 0 aromatic carbocycles. The van der Waals surface area contributed by atoms with Gasteiger partial charge in [-0.2, -0.15) is 0 Å². The van der Waals surface area contributed by atoms with E-state index in [0.717, 1.165) is 0 Å². The molecule has 0 saturated carbocycles. The van der Waals surface area contributed by atoms with Gasteiger partial charge >= 0.3 is 46.1 Å². The molecule has 0 aliphatic heterocycles. The van der Waals surface area contributed by atoms with Crippen LogP contribution in [-0.4, -0.2) is 68.0 Å². The van der Waals surface area contributed by atoms with Crippen molar-refractivity contribution in [2.24, 2.45) is 0 Å². The van der Waals surface area contributed by atoms with Gasteiger partial charge in [-0.1, -0.05) is 0 Å². The van der Waals surface area contributed by atoms with Crippen LogP contribution in [0.25, 0.3) is 0 Å². The third-order valence-electron chi connectivity index (χ3n) is 0. The zero-order valence-corrected chi connectivity index (χ0v) is 8.69. The molecule has 56 valence electrons. The van der Waals surface area contributed by atoms with Crippen LogP contribution in [0.5, 0.6) is 0 Å². The maximum absolute atomic E-state index is 0. The van der Waals surface area contributed by atoms with Crippen LogP contribution in [0.2, 0.25) is 0 Å². The van der Waals surface area contributed by atoms with E-state index >= 15 is 0 Å². The van der Waals surface area contributed by atoms with Crippen LogP contribution in [0, 0.1) is 0 Å². The predicted molar refractivity (Wildman–Crippen MR) is 44.9 cm³/mol. The third kappa shape index (κ3) is 101. The summed E-state index contributed by atoms with van der Waals surface area (Å²) < 4.78 is 0. The van der Waals surface area contributed by atoms with E-state index < -0.39 is 0 Å². The summed E-state index contributed by atoms with van der Waals surface area (Å²) in [5.41, 5.74) is 0. The standard InChI is InChI=1S/2ClH.2Mg.4H2O.4H/h2*1H;;;4*1H2;;;;/q;;2*+2;;;;;4*-1. The molecule has 8 N–H and O–H groups in total. The van der Waals surface area contributed by atoms with Gasteiger partial charge in [0.1, 0.15) is 0 Å². The number of halogens is 2. The first-order valence-corrected chi connectivity index (χ1v) is 0. The van der Waals surface area contributed by atoms with Gasteiger partial charge in [0.2, 0.25) is 0 Å². The molecule has 0 aliphatic carbocycles. The Balaban J connectivity index is 0. The molecule has 0 saturated heterocycles. The van der Waals surface area contributed by atoms with E-state index in [1.54, 1.807) is 0 Å². The Morgan fingerprint density at radius 1 is 0.500 bits per heavy atom. The van der Waals surface area contributed by atoms with Crippen LogP contribution >= 0.6 is 24.8 Å². The normalized spacial score (nSPS) is 0. The first-order chi connectivity index (χ1) is 0. The molecule has 0 heterocycles. The summed E-state index contributed by atoms with van der Waals surface area (Å²) in [5, 5.41) is 0. The first-order valence-electron chi connectivity index (χ1n) is 0. The fraction of sp³-hybridized carbons (Fsp3) is 0. The summed E-state index contributed by atoms with van der Waals surface area (Å²) >= 11 is 0. The molecule has 0 bridgehead atoms. The van der Waals surface area contributed by atoms with Crippen molar-refractivity contribution in [2.45, 2.75) is 0 Å². The summed E-state index contributed by atoms with van der Waals surface area (Å²) in [5.74, 6) is 0. The van der Waals surface area contributed by atoms with Gasteiger partial charge in [-0.25, -0.2) is 0 Å². The molecule has 0 amide bonds. The van der Waals surface area contributed by atoms with E-state index in [2.05, 4.69) is 0 Å². The van der Waals surface area contributed by atoms with Crippen molar-refractivity contribution < 1.29 is 27.6 Å². The molecular weight excluding hydrogens is 184 g/mol. The molecule has 0 unspecified atom stereocenters. The molecule has 0 fully saturated rings. The zero-order chi connectivity index (χ0) is 0. The fourth-order valence-electron chi connectivity index (χ4n) is 0. The molecule has 8 heteroatoms. The Kier molecular flexibility index (Phi) is 3880. The molecule has 0 aromatic rings. The fourth-order valence-corrected chi connectivity index (χ4v) is 0. The van der Waals surface area contributed by atoms with Crippen LogP contribution in [0.4, 0.5) is 0 Å². The molecule has 0 radical (unpaired) electrons. The maximum atomic E-state index is 0. The number of rotatable bonds is 0. The minimum Gasteiger partial charge on any atom is -1.00 e. The molecular formula is H14Cl2Mg2O4. The quantitative estimate of drug-likeness (QED) is 0.373. The smallest absolute Gasteiger partial charge is 1.00 e. The van der Waals surface area contributed by atoms with E-state index in [4.69, 9.17) is 0 Å². The van der Waals surface area contributed by atoms with E-state index in [9.17, 15) is 0 Å². The second-order valence-corrected chi connectivity index (χ2v) is 0. The molecule has 4 nitrogen and oxygen atoms in total. The first kappa shape index (κ1) is 209. The van der Waals surface area contributed by atoms with Gasteiger partial charge < -0.3 is 27.6 Å². The minimum absolute atomic E-state index is 0. The third-order valence-corrected chi connectivity index (χ3v) is 0. The van der Waals surface area contributed by atoms with Gasteiger partial charge in [-0.15, -0.1) is 24.8 Å². The summed E-state index contributed by atoms with van der Waals surface area (Å²) in [7, 11) is 0. The van der Waals surface area contributed by atoms with Crippen molar-refractivity contribution in [3.63, 3.8) is 0 Å². The van der Waals surface area contributed by atoms with Crippen molar-refractivity contribution in [3.8, 4) is 0 Å². The Bertz CT molecular complexity index is 23.0. The van der Waals surface area contributed by atoms with Crippen LogP contribution in [-0.2, 0) is 0 Å². The van der Waals surface area contributed by atoms with Gasteiger partial charge in [-0.05, 0) is 0 Å². The van der Waals surface area contributed by atoms with Crippen molar-refractivity contribution in [3.05, 3.63) is 0 Å². The minimum atomic E-state index is 0. The average molecular weight is 198 g/mol. The van der Waals surface area contributed by atoms with Crippen molar-refractivity contribution >= 4 is 70.9 Å². The largest absolute Gasteiger partial charge is 2.00 e. The van der Waals surface area contributed by atoms with Gasteiger partial charge in [0.05, 0.1) is 0 Å². The Labute approximate surface area is 98.1 Å². The summed E-state index contributed by atoms with van der Waals surface area (Å²) in [4.78, 5) is 0. The van der Waals surface area contributed by atoms with E-state index in [-0.39, 0.29) is 98.5 Å². The second kappa shape index (κ2) is 149. The van der Waals surface area contributed by atoms with Gasteiger partial charge in [0, 0.05) is 0 Å². The van der Waals surface area contributed by atoms with Crippen molar-refractivity contribution in [1.29, 1.82) is 0 Å². The molecule has 0 atom stereocenters. The van der Waals surface area contributed by atoms with Crippen molar-refractivity contribution in [1.82, 2.24) is 0 Å². The summed E-state index contributed by atoms with van der Waals surface area (Å²) in [6.07, 6.45) is 0. The van der Waals surface area contributed by atoms with Crippen LogP contribution in [0.1, 0.15) is 5.71 Å². The topological polar surface area (TPSA) is 126 Å². The van der Waals surface area contributed by atoms with Gasteiger partial charge in [0.25, 0.3) is 0 Å². The van der Waals surface area contributed by atoms with E-state index in [0.29, 0.717) is 0 Å². The van der Waals surface area contributed by atoms with Gasteiger partial charge in [-0.3, -0.25) is 0 Å². The Morgan fingerprint density at radius 3 is 0.500 bits per heavy atom. The monoisotopic (exact) mass is 196 g/mol. The zero-order valence-electron chi connectivity index (χ0n) is 8.23. The summed E-state index contributed by atoms with van der Waals surface area (Å²) in [6.45, 7) is 0. The Morgan fingerprint density at radius 2 is 0.500 bits per heavy atom. The van der Waals surface area contributed by atoms with Crippen LogP contribution in [0.3, 0.4) is 0 Å². The maximum Gasteiger partial charge on any atom is 2.00 e. The molecule has 0 spiro atoms. The van der Waals surface area contributed by atoms with E-state index in [1.807, 2.05) is 0 Å². The molecule has 0 aliphatic rings. The van der Waals surface area contributed by atoms with Crippen molar-refractivity contribution in [2.75, 3.05) is 0 Å². The van der Waals surface area contributed by atoms with Crippen LogP contribution < -0.4 is 0 Å². The Hall–Kier alpha value is 1.95. The molecule has 0 aromatic heterocycles. The average Bonchev–Trinajstić information content (AvgIpc) is 0. The van der Waals surface area contributed by atoms with Gasteiger partial charge in [0.15, 0.2) is 0 Å². The SMILES string of the molecule is Cl.Cl.O.O.O.O.[H-].[H-].[H-].[H-].[Mg+2].[Mg+2]. The van der Waals surface area contributed by atoms with E-state index in [1.165, 1.54) is 0 Å². The molecule has 8 heavy (non-hydrogen) atoms. The molecule has 0 rings (SSSR count). The predicted octanol–water partition coefficient (Wildman–Crippen LogP) is -2.77.